The molecule has 0 amide bonds. The van der Waals surface area contributed by atoms with Gasteiger partial charge in [0, 0.05) is 6.04 Å². The van der Waals surface area contributed by atoms with Crippen molar-refractivity contribution in [3.8, 4) is 5.75 Å². The Labute approximate surface area is 105 Å². The lowest BCUT2D eigenvalue weighted by molar-refractivity contribution is 0.403. The average molecular weight is 235 g/mol. The standard InChI is InChI=1S/C15H25NO/c1-5-13(16)8-7-12(3)14-10-11(2)6-9-15(14)17-4/h6,9-10,12-13H,5,7-8,16H2,1-4H3. The molecule has 0 aliphatic heterocycles. The van der Waals surface area contributed by atoms with Gasteiger partial charge in [-0.2, -0.15) is 0 Å². The molecule has 2 heteroatoms. The molecule has 0 fully saturated rings. The maximum atomic E-state index is 5.97. The van der Waals surface area contributed by atoms with Crippen molar-refractivity contribution >= 4 is 0 Å². The van der Waals surface area contributed by atoms with Crippen LogP contribution in [0.4, 0.5) is 0 Å². The fourth-order valence-corrected chi connectivity index (χ4v) is 2.06. The molecule has 0 aliphatic rings. The van der Waals surface area contributed by atoms with Crippen LogP contribution in [0.2, 0.25) is 0 Å². The highest BCUT2D eigenvalue weighted by atomic mass is 16.5. The summed E-state index contributed by atoms with van der Waals surface area (Å²) in [6.07, 6.45) is 3.25. The fourth-order valence-electron chi connectivity index (χ4n) is 2.06. The minimum atomic E-state index is 0.327. The van der Waals surface area contributed by atoms with Crippen LogP contribution in [-0.4, -0.2) is 13.2 Å². The first-order valence-corrected chi connectivity index (χ1v) is 6.48. The lowest BCUT2D eigenvalue weighted by Crippen LogP contribution is -2.19. The monoisotopic (exact) mass is 235 g/mol. The topological polar surface area (TPSA) is 35.2 Å². The van der Waals surface area contributed by atoms with Gasteiger partial charge in [-0.05, 0) is 43.7 Å². The minimum absolute atomic E-state index is 0.327. The molecular formula is C15H25NO. The number of methoxy groups -OCH3 is 1. The second-order valence-corrected chi connectivity index (χ2v) is 4.89. The molecule has 1 aromatic rings. The summed E-state index contributed by atoms with van der Waals surface area (Å²) >= 11 is 0. The Morgan fingerprint density at radius 1 is 1.29 bits per heavy atom. The van der Waals surface area contributed by atoms with Crippen LogP contribution in [0.3, 0.4) is 0 Å². The molecule has 0 radical (unpaired) electrons. The molecular weight excluding hydrogens is 210 g/mol. The maximum Gasteiger partial charge on any atom is 0.122 e. The Bertz CT molecular complexity index is 349. The molecule has 0 spiro atoms. The van der Waals surface area contributed by atoms with E-state index in [2.05, 4.69) is 39.0 Å². The van der Waals surface area contributed by atoms with E-state index in [1.807, 2.05) is 0 Å². The van der Waals surface area contributed by atoms with E-state index in [0.29, 0.717) is 12.0 Å². The summed E-state index contributed by atoms with van der Waals surface area (Å²) in [7, 11) is 1.73. The molecule has 17 heavy (non-hydrogen) atoms. The zero-order valence-electron chi connectivity index (χ0n) is 11.5. The van der Waals surface area contributed by atoms with E-state index in [0.717, 1.165) is 25.0 Å². The number of rotatable bonds is 6. The predicted molar refractivity (Wildman–Crippen MR) is 73.6 cm³/mol. The van der Waals surface area contributed by atoms with Gasteiger partial charge in [-0.15, -0.1) is 0 Å². The maximum absolute atomic E-state index is 5.97. The van der Waals surface area contributed by atoms with Crippen LogP contribution < -0.4 is 10.5 Å². The van der Waals surface area contributed by atoms with E-state index in [-0.39, 0.29) is 0 Å². The van der Waals surface area contributed by atoms with E-state index in [1.54, 1.807) is 7.11 Å². The third kappa shape index (κ3) is 4.04. The predicted octanol–water partition coefficient (Wildman–Crippen LogP) is 3.62. The molecule has 2 unspecified atom stereocenters. The van der Waals surface area contributed by atoms with Gasteiger partial charge in [0.15, 0.2) is 0 Å². The van der Waals surface area contributed by atoms with Gasteiger partial charge < -0.3 is 10.5 Å². The normalized spacial score (nSPS) is 14.4. The summed E-state index contributed by atoms with van der Waals surface area (Å²) in [6.45, 7) is 6.51. The summed E-state index contributed by atoms with van der Waals surface area (Å²) in [5, 5.41) is 0. The van der Waals surface area contributed by atoms with Gasteiger partial charge in [0.05, 0.1) is 7.11 Å². The highest BCUT2D eigenvalue weighted by molar-refractivity contribution is 5.39. The van der Waals surface area contributed by atoms with Crippen LogP contribution in [-0.2, 0) is 0 Å². The zero-order valence-corrected chi connectivity index (χ0v) is 11.5. The van der Waals surface area contributed by atoms with Crippen LogP contribution in [0.15, 0.2) is 18.2 Å². The fraction of sp³-hybridized carbons (Fsp3) is 0.600. The van der Waals surface area contributed by atoms with E-state index < -0.39 is 0 Å². The highest BCUT2D eigenvalue weighted by Gasteiger charge is 2.12. The van der Waals surface area contributed by atoms with Gasteiger partial charge in [-0.1, -0.05) is 31.5 Å². The van der Waals surface area contributed by atoms with E-state index >= 15 is 0 Å². The van der Waals surface area contributed by atoms with Crippen molar-refractivity contribution < 1.29 is 4.74 Å². The lowest BCUT2D eigenvalue weighted by atomic mass is 9.92. The average Bonchev–Trinajstić information content (AvgIpc) is 2.35. The van der Waals surface area contributed by atoms with Crippen molar-refractivity contribution in [3.63, 3.8) is 0 Å². The Hall–Kier alpha value is -1.02. The SMILES string of the molecule is CCC(N)CCC(C)c1cc(C)ccc1OC. The molecule has 0 saturated heterocycles. The molecule has 96 valence electrons. The summed E-state index contributed by atoms with van der Waals surface area (Å²) in [4.78, 5) is 0. The first-order valence-electron chi connectivity index (χ1n) is 6.48. The molecule has 2 atom stereocenters. The molecule has 2 N–H and O–H groups in total. The molecule has 1 rings (SSSR count). The summed E-state index contributed by atoms with van der Waals surface area (Å²) in [5.74, 6) is 1.50. The van der Waals surface area contributed by atoms with Crippen LogP contribution in [0, 0.1) is 6.92 Å². The van der Waals surface area contributed by atoms with Crippen molar-refractivity contribution in [2.75, 3.05) is 7.11 Å². The Morgan fingerprint density at radius 2 is 2.00 bits per heavy atom. The molecule has 0 heterocycles. The number of ether oxygens (including phenoxy) is 1. The summed E-state index contributed by atoms with van der Waals surface area (Å²) in [5.41, 5.74) is 8.55. The first-order chi connectivity index (χ1) is 8.08. The quantitative estimate of drug-likeness (QED) is 0.817. The Kier molecular flexibility index (Phi) is 5.49. The third-order valence-corrected chi connectivity index (χ3v) is 3.41. The highest BCUT2D eigenvalue weighted by Crippen LogP contribution is 2.30. The van der Waals surface area contributed by atoms with Crippen molar-refractivity contribution in [3.05, 3.63) is 29.3 Å². The molecule has 0 saturated carbocycles. The summed E-state index contributed by atoms with van der Waals surface area (Å²) in [6, 6.07) is 6.70. The van der Waals surface area contributed by atoms with Crippen molar-refractivity contribution in [2.24, 2.45) is 5.73 Å². The number of aryl methyl sites for hydroxylation is 1. The molecule has 0 bridgehead atoms. The van der Waals surface area contributed by atoms with Gasteiger partial charge in [-0.3, -0.25) is 0 Å². The Balaban J connectivity index is 2.73. The van der Waals surface area contributed by atoms with E-state index in [9.17, 15) is 0 Å². The smallest absolute Gasteiger partial charge is 0.122 e. The molecule has 2 nitrogen and oxygen atoms in total. The second-order valence-electron chi connectivity index (χ2n) is 4.89. The molecule has 0 aliphatic carbocycles. The van der Waals surface area contributed by atoms with Crippen molar-refractivity contribution in [1.29, 1.82) is 0 Å². The van der Waals surface area contributed by atoms with Crippen LogP contribution in [0.1, 0.15) is 50.2 Å². The zero-order chi connectivity index (χ0) is 12.8. The Morgan fingerprint density at radius 3 is 2.59 bits per heavy atom. The van der Waals surface area contributed by atoms with Gasteiger partial charge in [0.2, 0.25) is 0 Å². The van der Waals surface area contributed by atoms with E-state index in [1.165, 1.54) is 11.1 Å². The first kappa shape index (κ1) is 14.0. The number of benzene rings is 1. The van der Waals surface area contributed by atoms with Crippen LogP contribution in [0.25, 0.3) is 0 Å². The largest absolute Gasteiger partial charge is 0.496 e. The van der Waals surface area contributed by atoms with Gasteiger partial charge >= 0.3 is 0 Å². The van der Waals surface area contributed by atoms with Gasteiger partial charge in [-0.25, -0.2) is 0 Å². The van der Waals surface area contributed by atoms with E-state index in [4.69, 9.17) is 10.5 Å². The van der Waals surface area contributed by atoms with Crippen LogP contribution >= 0.6 is 0 Å². The van der Waals surface area contributed by atoms with Crippen molar-refractivity contribution in [2.45, 2.75) is 52.0 Å². The number of hydrogen-bond donors (Lipinski definition) is 1. The number of hydrogen-bond acceptors (Lipinski definition) is 2. The van der Waals surface area contributed by atoms with Gasteiger partial charge in [0.25, 0.3) is 0 Å². The summed E-state index contributed by atoms with van der Waals surface area (Å²) < 4.78 is 5.42. The van der Waals surface area contributed by atoms with Crippen molar-refractivity contribution in [1.82, 2.24) is 0 Å². The van der Waals surface area contributed by atoms with Gasteiger partial charge in [0.1, 0.15) is 5.75 Å². The third-order valence-electron chi connectivity index (χ3n) is 3.41. The second kappa shape index (κ2) is 6.65. The molecule has 0 aromatic heterocycles. The van der Waals surface area contributed by atoms with Crippen LogP contribution in [0.5, 0.6) is 5.75 Å². The minimum Gasteiger partial charge on any atom is -0.496 e. The molecule has 1 aromatic carbocycles. The number of nitrogens with two attached hydrogens (primary N) is 1. The lowest BCUT2D eigenvalue weighted by Gasteiger charge is -2.18.